The molecule has 1 saturated heterocycles. The number of fused-ring (bicyclic) bond motifs is 1. The molecule has 11 heteroatoms. The topological polar surface area (TPSA) is 74.2 Å². The number of carbonyl (C=O) groups excluding carboxylic acids is 1. The molecule has 158 valence electrons. The molecule has 2 aromatic heterocycles. The van der Waals surface area contributed by atoms with Gasteiger partial charge < -0.3 is 10.2 Å². The molecule has 1 amide bonds. The van der Waals surface area contributed by atoms with Crippen LogP contribution in [0.5, 0.6) is 0 Å². The largest absolute Gasteiger partial charge is 0.445 e. The second-order valence-electron chi connectivity index (χ2n) is 7.04. The van der Waals surface area contributed by atoms with E-state index in [-0.39, 0.29) is 5.91 Å². The maximum atomic E-state index is 12.7. The monoisotopic (exact) mass is 436 g/mol. The van der Waals surface area contributed by atoms with Crippen LogP contribution >= 0.6 is 11.3 Å². The zero-order valence-electron chi connectivity index (χ0n) is 16.1. The van der Waals surface area contributed by atoms with Crippen molar-refractivity contribution in [3.63, 3.8) is 0 Å². The van der Waals surface area contributed by atoms with E-state index in [2.05, 4.69) is 25.4 Å². The van der Waals surface area contributed by atoms with Crippen molar-refractivity contribution in [2.45, 2.75) is 19.6 Å². The number of pyridine rings is 1. The molecule has 0 radical (unpaired) electrons. The van der Waals surface area contributed by atoms with Gasteiger partial charge in [-0.15, -0.1) is 10.2 Å². The molecule has 1 N–H and O–H groups in total. The lowest BCUT2D eigenvalue weighted by Crippen LogP contribution is -2.46. The standard InChI is InChI=1S/C19H19F3N6OS/c1-12(29)23-14-4-5-16-13(10-14)2-3-15(24-16)11-27-6-8-28(9-7-27)18-26-25-17(30-18)19(20,21)22/h2-5,10H,6-9,11H2,1H3,(H,23,29). The van der Waals surface area contributed by atoms with Gasteiger partial charge in [-0.05, 0) is 24.3 Å². The number of anilines is 2. The SMILES string of the molecule is CC(=O)Nc1ccc2nc(CN3CCN(c4nnc(C(F)(F)F)s4)CC3)ccc2c1. The van der Waals surface area contributed by atoms with Crippen LogP contribution in [0.4, 0.5) is 24.0 Å². The Kier molecular flexibility index (Phi) is 5.56. The summed E-state index contributed by atoms with van der Waals surface area (Å²) in [6.45, 7) is 4.68. The predicted molar refractivity (Wildman–Crippen MR) is 108 cm³/mol. The molecule has 0 spiro atoms. The minimum absolute atomic E-state index is 0.124. The summed E-state index contributed by atoms with van der Waals surface area (Å²) in [7, 11) is 0. The predicted octanol–water partition coefficient (Wildman–Crippen LogP) is 3.39. The average molecular weight is 436 g/mol. The minimum atomic E-state index is -4.46. The van der Waals surface area contributed by atoms with Gasteiger partial charge in [-0.25, -0.2) is 0 Å². The minimum Gasteiger partial charge on any atom is -0.344 e. The van der Waals surface area contributed by atoms with Gasteiger partial charge in [-0.3, -0.25) is 14.7 Å². The second-order valence-corrected chi connectivity index (χ2v) is 8.00. The third-order valence-electron chi connectivity index (χ3n) is 4.75. The fourth-order valence-electron chi connectivity index (χ4n) is 3.32. The lowest BCUT2D eigenvalue weighted by atomic mass is 10.1. The molecule has 0 aliphatic carbocycles. The average Bonchev–Trinajstić information content (AvgIpc) is 3.19. The van der Waals surface area contributed by atoms with Gasteiger partial charge in [0.2, 0.25) is 16.0 Å². The highest BCUT2D eigenvalue weighted by Gasteiger charge is 2.36. The molecule has 0 saturated carbocycles. The third-order valence-corrected chi connectivity index (χ3v) is 5.78. The number of rotatable bonds is 4. The van der Waals surface area contributed by atoms with Crippen molar-refractivity contribution in [3.05, 3.63) is 41.0 Å². The van der Waals surface area contributed by atoms with E-state index in [0.29, 0.717) is 49.2 Å². The fourth-order valence-corrected chi connectivity index (χ4v) is 4.08. The molecule has 1 aromatic carbocycles. The van der Waals surface area contributed by atoms with Crippen molar-refractivity contribution >= 4 is 39.0 Å². The van der Waals surface area contributed by atoms with E-state index in [0.717, 1.165) is 22.3 Å². The van der Waals surface area contributed by atoms with E-state index in [4.69, 9.17) is 0 Å². The van der Waals surface area contributed by atoms with Crippen LogP contribution in [-0.4, -0.2) is 52.2 Å². The van der Waals surface area contributed by atoms with Crippen LogP contribution in [0.3, 0.4) is 0 Å². The highest BCUT2D eigenvalue weighted by Crippen LogP contribution is 2.34. The summed E-state index contributed by atoms with van der Waals surface area (Å²) in [5.74, 6) is -0.124. The Labute approximate surface area is 174 Å². The maximum Gasteiger partial charge on any atom is 0.445 e. The van der Waals surface area contributed by atoms with Crippen LogP contribution in [0.25, 0.3) is 10.9 Å². The molecule has 7 nitrogen and oxygen atoms in total. The van der Waals surface area contributed by atoms with Crippen LogP contribution in [0.2, 0.25) is 0 Å². The first-order valence-corrected chi connectivity index (χ1v) is 10.1. The molecular formula is C19H19F3N6OS. The Morgan fingerprint density at radius 2 is 1.90 bits per heavy atom. The molecule has 1 aliphatic rings. The summed E-state index contributed by atoms with van der Waals surface area (Å²) in [5.41, 5.74) is 2.48. The number of nitrogens with one attached hydrogen (secondary N) is 1. The summed E-state index contributed by atoms with van der Waals surface area (Å²) in [6, 6.07) is 9.49. The fraction of sp³-hybridized carbons (Fsp3) is 0.368. The van der Waals surface area contributed by atoms with Gasteiger partial charge in [0.1, 0.15) is 0 Å². The van der Waals surface area contributed by atoms with Crippen molar-refractivity contribution in [1.82, 2.24) is 20.1 Å². The molecule has 0 atom stereocenters. The van der Waals surface area contributed by atoms with Crippen LogP contribution < -0.4 is 10.2 Å². The molecule has 3 aromatic rings. The Morgan fingerprint density at radius 3 is 2.57 bits per heavy atom. The number of halogens is 3. The lowest BCUT2D eigenvalue weighted by molar-refractivity contribution is -0.138. The molecule has 0 unspecified atom stereocenters. The van der Waals surface area contributed by atoms with Gasteiger partial charge in [-0.1, -0.05) is 17.4 Å². The first kappa shape index (κ1) is 20.5. The number of nitrogens with zero attached hydrogens (tertiary/aromatic N) is 5. The van der Waals surface area contributed by atoms with E-state index in [1.807, 2.05) is 35.2 Å². The number of aromatic nitrogens is 3. The first-order valence-electron chi connectivity index (χ1n) is 9.33. The van der Waals surface area contributed by atoms with Gasteiger partial charge in [0.25, 0.3) is 0 Å². The molecule has 1 aliphatic heterocycles. The van der Waals surface area contributed by atoms with E-state index in [1.54, 1.807) is 0 Å². The molecule has 1 fully saturated rings. The summed E-state index contributed by atoms with van der Waals surface area (Å²) in [6.07, 6.45) is -4.46. The summed E-state index contributed by atoms with van der Waals surface area (Å²) < 4.78 is 38.2. The first-order chi connectivity index (χ1) is 14.3. The maximum absolute atomic E-state index is 12.7. The number of benzene rings is 1. The highest BCUT2D eigenvalue weighted by atomic mass is 32.1. The van der Waals surface area contributed by atoms with Gasteiger partial charge in [-0.2, -0.15) is 13.2 Å². The van der Waals surface area contributed by atoms with Crippen LogP contribution in [0.15, 0.2) is 30.3 Å². The van der Waals surface area contributed by atoms with Crippen LogP contribution in [0.1, 0.15) is 17.6 Å². The molecular weight excluding hydrogens is 417 g/mol. The number of piperazine rings is 1. The van der Waals surface area contributed by atoms with Crippen molar-refractivity contribution in [2.24, 2.45) is 0 Å². The second kappa shape index (κ2) is 8.15. The number of amides is 1. The van der Waals surface area contributed by atoms with E-state index in [1.165, 1.54) is 6.92 Å². The van der Waals surface area contributed by atoms with Crippen LogP contribution in [0, 0.1) is 0 Å². The lowest BCUT2D eigenvalue weighted by Gasteiger charge is -2.34. The van der Waals surface area contributed by atoms with E-state index >= 15 is 0 Å². The Morgan fingerprint density at radius 1 is 1.13 bits per heavy atom. The van der Waals surface area contributed by atoms with E-state index in [9.17, 15) is 18.0 Å². The van der Waals surface area contributed by atoms with Gasteiger partial charge in [0.05, 0.1) is 11.2 Å². The number of carbonyl (C=O) groups is 1. The Hall–Kier alpha value is -2.79. The van der Waals surface area contributed by atoms with Crippen molar-refractivity contribution in [2.75, 3.05) is 36.4 Å². The van der Waals surface area contributed by atoms with Crippen molar-refractivity contribution in [3.8, 4) is 0 Å². The summed E-state index contributed by atoms with van der Waals surface area (Å²) in [5, 5.41) is 10.0. The van der Waals surface area contributed by atoms with Gasteiger partial charge in [0, 0.05) is 50.7 Å². The number of hydrogen-bond acceptors (Lipinski definition) is 7. The number of alkyl halides is 3. The third kappa shape index (κ3) is 4.68. The molecule has 30 heavy (non-hydrogen) atoms. The highest BCUT2D eigenvalue weighted by molar-refractivity contribution is 7.15. The Bertz CT molecular complexity index is 1060. The zero-order valence-corrected chi connectivity index (χ0v) is 16.9. The Balaban J connectivity index is 1.37. The van der Waals surface area contributed by atoms with E-state index < -0.39 is 11.2 Å². The normalized spacial score (nSPS) is 15.5. The van der Waals surface area contributed by atoms with Gasteiger partial charge >= 0.3 is 6.18 Å². The van der Waals surface area contributed by atoms with Crippen molar-refractivity contribution in [1.29, 1.82) is 0 Å². The smallest absolute Gasteiger partial charge is 0.344 e. The molecule has 0 bridgehead atoms. The van der Waals surface area contributed by atoms with Crippen LogP contribution in [-0.2, 0) is 17.5 Å². The van der Waals surface area contributed by atoms with Crippen molar-refractivity contribution < 1.29 is 18.0 Å². The summed E-state index contributed by atoms with van der Waals surface area (Å²) >= 11 is 0.579. The zero-order chi connectivity index (χ0) is 21.3. The number of hydrogen-bond donors (Lipinski definition) is 1. The van der Waals surface area contributed by atoms with Gasteiger partial charge in [0.15, 0.2) is 0 Å². The molecule has 3 heterocycles. The molecule has 4 rings (SSSR count). The summed E-state index contributed by atoms with van der Waals surface area (Å²) in [4.78, 5) is 19.9. The quantitative estimate of drug-likeness (QED) is 0.676.